The second-order valence-corrected chi connectivity index (χ2v) is 4.88. The smallest absolute Gasteiger partial charge is 0.204 e. The minimum absolute atomic E-state index is 0.117. The van der Waals surface area contributed by atoms with Gasteiger partial charge in [-0.3, -0.25) is 14.6 Å². The number of para-hydroxylation sites is 2. The van der Waals surface area contributed by atoms with E-state index in [1.807, 2.05) is 47.3 Å². The van der Waals surface area contributed by atoms with Gasteiger partial charge in [-0.1, -0.05) is 30.3 Å². The van der Waals surface area contributed by atoms with Crippen molar-refractivity contribution < 1.29 is 0 Å². The molecule has 0 saturated carbocycles. The number of nitrogens with one attached hydrogen (secondary N) is 1. The van der Waals surface area contributed by atoms with Gasteiger partial charge in [-0.15, -0.1) is 0 Å². The van der Waals surface area contributed by atoms with Gasteiger partial charge in [-0.25, -0.2) is 4.98 Å². The maximum Gasteiger partial charge on any atom is 0.204 e. The lowest BCUT2D eigenvalue weighted by Gasteiger charge is -2.00. The maximum atomic E-state index is 11.9. The molecule has 0 unspecified atom stereocenters. The molecule has 0 saturated heterocycles. The van der Waals surface area contributed by atoms with Crippen molar-refractivity contribution >= 4 is 27.6 Å². The molecule has 5 heteroatoms. The average Bonchev–Trinajstić information content (AvgIpc) is 2.96. The van der Waals surface area contributed by atoms with Gasteiger partial charge in [0.25, 0.3) is 0 Å². The zero-order valence-electron chi connectivity index (χ0n) is 11.1. The molecule has 5 nitrogen and oxygen atoms in total. The predicted molar refractivity (Wildman–Crippen MR) is 83.6 cm³/mol. The number of nitrogens with zero attached hydrogens (tertiary/aromatic N) is 2. The van der Waals surface area contributed by atoms with E-state index in [1.165, 1.54) is 6.07 Å². The number of fused-ring (bicyclic) bond motifs is 3. The number of nitrogen functional groups attached to an aromatic ring is 1. The summed E-state index contributed by atoms with van der Waals surface area (Å²) < 4.78 is 1.87. The van der Waals surface area contributed by atoms with Crippen molar-refractivity contribution in [2.45, 2.75) is 0 Å². The van der Waals surface area contributed by atoms with Crippen molar-refractivity contribution in [1.29, 1.82) is 0 Å². The quantitative estimate of drug-likeness (QED) is 0.560. The third kappa shape index (κ3) is 1.71. The second-order valence-electron chi connectivity index (χ2n) is 4.88. The number of H-pyrrole nitrogens is 1. The number of nitrogens with two attached hydrogens (primary N) is 1. The predicted octanol–water partition coefficient (Wildman–Crippen LogP) is 2.45. The van der Waals surface area contributed by atoms with Crippen LogP contribution in [-0.2, 0) is 0 Å². The molecule has 0 aliphatic rings. The first-order valence-electron chi connectivity index (χ1n) is 6.59. The summed E-state index contributed by atoms with van der Waals surface area (Å²) in [6.07, 6.45) is 1.94. The molecule has 2 aromatic carbocycles. The Bertz CT molecular complexity index is 1010. The zero-order valence-corrected chi connectivity index (χ0v) is 11.1. The van der Waals surface area contributed by atoms with E-state index in [0.717, 1.165) is 22.0 Å². The van der Waals surface area contributed by atoms with E-state index < -0.39 is 0 Å². The van der Waals surface area contributed by atoms with Crippen LogP contribution in [0, 0.1) is 0 Å². The molecule has 0 fully saturated rings. The molecular formula is C16H12N4O. The molecule has 4 rings (SSSR count). The zero-order chi connectivity index (χ0) is 14.4. The Morgan fingerprint density at radius 1 is 1.00 bits per heavy atom. The van der Waals surface area contributed by atoms with E-state index in [0.29, 0.717) is 11.3 Å². The molecule has 102 valence electrons. The molecule has 0 aliphatic heterocycles. The lowest BCUT2D eigenvalue weighted by Crippen LogP contribution is -2.03. The van der Waals surface area contributed by atoms with Crippen LogP contribution in [0.3, 0.4) is 0 Å². The van der Waals surface area contributed by atoms with Gasteiger partial charge in [0.15, 0.2) is 0 Å². The summed E-state index contributed by atoms with van der Waals surface area (Å²) in [5.41, 5.74) is 7.99. The van der Waals surface area contributed by atoms with Crippen molar-refractivity contribution in [2.75, 3.05) is 5.73 Å². The van der Waals surface area contributed by atoms with Gasteiger partial charge in [-0.05, 0) is 18.2 Å². The number of aromatic nitrogens is 3. The standard InChI is InChI=1S/C16H12N4O/c17-16-15-12(11-7-4-8-13(21)14(11)18-16)9-20(19-15)10-5-2-1-3-6-10/h1-9,19H,17H2. The van der Waals surface area contributed by atoms with Crippen LogP contribution in [0.5, 0.6) is 0 Å². The highest BCUT2D eigenvalue weighted by Crippen LogP contribution is 2.26. The fourth-order valence-corrected chi connectivity index (χ4v) is 2.57. The first-order valence-corrected chi connectivity index (χ1v) is 6.59. The summed E-state index contributed by atoms with van der Waals surface area (Å²) in [5.74, 6) is 0.329. The lowest BCUT2D eigenvalue weighted by molar-refractivity contribution is 0.896. The van der Waals surface area contributed by atoms with Crippen LogP contribution in [0.15, 0.2) is 59.5 Å². The fourth-order valence-electron chi connectivity index (χ4n) is 2.57. The van der Waals surface area contributed by atoms with Gasteiger partial charge in [-0.2, -0.15) is 0 Å². The molecular weight excluding hydrogens is 264 g/mol. The second kappa shape index (κ2) is 4.21. The molecule has 2 heterocycles. The van der Waals surface area contributed by atoms with Gasteiger partial charge in [0, 0.05) is 17.0 Å². The van der Waals surface area contributed by atoms with E-state index in [-0.39, 0.29) is 5.43 Å². The fraction of sp³-hybridized carbons (Fsp3) is 0. The highest BCUT2D eigenvalue weighted by Gasteiger charge is 2.11. The van der Waals surface area contributed by atoms with Crippen LogP contribution in [0.2, 0.25) is 0 Å². The number of benzene rings is 2. The average molecular weight is 276 g/mol. The van der Waals surface area contributed by atoms with E-state index in [4.69, 9.17) is 5.73 Å². The molecule has 0 radical (unpaired) electrons. The van der Waals surface area contributed by atoms with Gasteiger partial charge < -0.3 is 5.73 Å². The summed E-state index contributed by atoms with van der Waals surface area (Å²) in [5, 5.41) is 4.91. The molecule has 21 heavy (non-hydrogen) atoms. The van der Waals surface area contributed by atoms with Crippen LogP contribution < -0.4 is 11.2 Å². The Morgan fingerprint density at radius 3 is 2.62 bits per heavy atom. The number of anilines is 1. The molecule has 0 amide bonds. The minimum Gasteiger partial charge on any atom is -0.382 e. The van der Waals surface area contributed by atoms with Crippen molar-refractivity contribution in [3.8, 4) is 5.69 Å². The summed E-state index contributed by atoms with van der Waals surface area (Å²) in [7, 11) is 0. The highest BCUT2D eigenvalue weighted by molar-refractivity contribution is 6.07. The van der Waals surface area contributed by atoms with Crippen molar-refractivity contribution in [1.82, 2.24) is 14.8 Å². The summed E-state index contributed by atoms with van der Waals surface area (Å²) in [6.45, 7) is 0. The first-order chi connectivity index (χ1) is 10.2. The Morgan fingerprint density at radius 2 is 1.81 bits per heavy atom. The summed E-state index contributed by atoms with van der Waals surface area (Å²) >= 11 is 0. The van der Waals surface area contributed by atoms with Crippen molar-refractivity contribution in [2.24, 2.45) is 0 Å². The van der Waals surface area contributed by atoms with Gasteiger partial charge in [0.1, 0.15) is 16.9 Å². The third-order valence-electron chi connectivity index (χ3n) is 3.57. The molecule has 0 aliphatic carbocycles. The van der Waals surface area contributed by atoms with E-state index >= 15 is 0 Å². The number of rotatable bonds is 1. The molecule has 0 bridgehead atoms. The Hall–Kier alpha value is -3.08. The highest BCUT2D eigenvalue weighted by atomic mass is 16.1. The van der Waals surface area contributed by atoms with Crippen LogP contribution in [-0.4, -0.2) is 14.8 Å². The Labute approximate surface area is 119 Å². The van der Waals surface area contributed by atoms with Gasteiger partial charge in [0.2, 0.25) is 5.43 Å². The Balaban J connectivity index is 2.12. The topological polar surface area (TPSA) is 76.7 Å². The van der Waals surface area contributed by atoms with Crippen molar-refractivity contribution in [3.63, 3.8) is 0 Å². The maximum absolute atomic E-state index is 11.9. The van der Waals surface area contributed by atoms with Gasteiger partial charge >= 0.3 is 0 Å². The molecule has 4 aromatic rings. The number of hydrogen-bond acceptors (Lipinski definition) is 3. The lowest BCUT2D eigenvalue weighted by atomic mass is 10.1. The molecule has 3 N–H and O–H groups in total. The SMILES string of the molecule is Nc1nc2c(=O)cccc2c2cn(-c3ccccc3)[nH]c12. The number of pyridine rings is 1. The van der Waals surface area contributed by atoms with E-state index in [2.05, 4.69) is 10.1 Å². The van der Waals surface area contributed by atoms with Crippen LogP contribution in [0.1, 0.15) is 0 Å². The summed E-state index contributed by atoms with van der Waals surface area (Å²) in [4.78, 5) is 16.1. The first kappa shape index (κ1) is 11.7. The van der Waals surface area contributed by atoms with Crippen LogP contribution >= 0.6 is 0 Å². The normalized spacial score (nSPS) is 11.2. The third-order valence-corrected chi connectivity index (χ3v) is 3.57. The number of hydrogen-bond donors (Lipinski definition) is 2. The molecule has 0 spiro atoms. The van der Waals surface area contributed by atoms with Crippen LogP contribution in [0.4, 0.5) is 5.82 Å². The van der Waals surface area contributed by atoms with E-state index in [9.17, 15) is 4.79 Å². The Kier molecular flexibility index (Phi) is 2.35. The largest absolute Gasteiger partial charge is 0.382 e. The van der Waals surface area contributed by atoms with Crippen molar-refractivity contribution in [3.05, 3.63) is 65.0 Å². The van der Waals surface area contributed by atoms with Gasteiger partial charge in [0.05, 0.1) is 5.69 Å². The molecule has 0 atom stereocenters. The van der Waals surface area contributed by atoms with E-state index in [1.54, 1.807) is 6.07 Å². The van der Waals surface area contributed by atoms with Crippen LogP contribution in [0.25, 0.3) is 27.5 Å². The minimum atomic E-state index is -0.117. The number of aromatic amines is 1. The summed E-state index contributed by atoms with van der Waals surface area (Å²) in [6, 6.07) is 15.0. The monoisotopic (exact) mass is 276 g/mol. The molecule has 2 aromatic heterocycles.